The van der Waals surface area contributed by atoms with Gasteiger partial charge in [-0.15, -0.1) is 0 Å². The molecule has 3 unspecified atom stereocenters. The van der Waals surface area contributed by atoms with Gasteiger partial charge in [-0.05, 0) is 62.1 Å². The first-order valence-electron chi connectivity index (χ1n) is 8.18. The number of hydrogen-bond donors (Lipinski definition) is 0. The number of hydrogen-bond acceptors (Lipinski definition) is 2. The smallest absolute Gasteiger partial charge is 0.197 e. The van der Waals surface area contributed by atoms with Crippen LogP contribution in [0.4, 0.5) is 0 Å². The molecular weight excluding hydrogens is 272 g/mol. The summed E-state index contributed by atoms with van der Waals surface area (Å²) in [5, 5.41) is 2.58. The molecule has 0 bridgehead atoms. The standard InChI is InChI=1S/C20H26O2/c1-12-13(2)16-10-11-18(21-14(3)22-20(4,5)6)17-9-7-8-15(12)19(16)17/h7-14H,1-6H3. The maximum Gasteiger partial charge on any atom is 0.197 e. The molecule has 0 saturated heterocycles. The molecule has 0 radical (unpaired) electrons. The van der Waals surface area contributed by atoms with E-state index in [1.54, 1.807) is 0 Å². The van der Waals surface area contributed by atoms with Crippen LogP contribution in [0, 0.1) is 0 Å². The van der Waals surface area contributed by atoms with E-state index in [1.165, 1.54) is 21.9 Å². The van der Waals surface area contributed by atoms with E-state index in [0.717, 1.165) is 5.75 Å². The van der Waals surface area contributed by atoms with Crippen LogP contribution in [0.2, 0.25) is 0 Å². The summed E-state index contributed by atoms with van der Waals surface area (Å²) in [5.41, 5.74) is 2.67. The van der Waals surface area contributed by atoms with Crippen LogP contribution in [-0.4, -0.2) is 11.9 Å². The van der Waals surface area contributed by atoms with Crippen LogP contribution >= 0.6 is 0 Å². The van der Waals surface area contributed by atoms with Crippen molar-refractivity contribution in [1.82, 2.24) is 0 Å². The van der Waals surface area contributed by atoms with Crippen LogP contribution in [-0.2, 0) is 4.74 Å². The molecule has 0 aliphatic heterocycles. The maximum atomic E-state index is 6.09. The van der Waals surface area contributed by atoms with Crippen LogP contribution in [0.3, 0.4) is 0 Å². The highest BCUT2D eigenvalue weighted by molar-refractivity contribution is 5.96. The van der Waals surface area contributed by atoms with E-state index in [2.05, 4.69) is 44.2 Å². The molecule has 2 aromatic carbocycles. The molecule has 0 saturated carbocycles. The van der Waals surface area contributed by atoms with E-state index in [4.69, 9.17) is 9.47 Å². The van der Waals surface area contributed by atoms with Crippen LogP contribution in [0.1, 0.15) is 64.5 Å². The van der Waals surface area contributed by atoms with Crippen LogP contribution in [0.5, 0.6) is 5.75 Å². The molecule has 1 aliphatic carbocycles. The quantitative estimate of drug-likeness (QED) is 0.687. The Morgan fingerprint density at radius 2 is 1.59 bits per heavy atom. The van der Waals surface area contributed by atoms with Gasteiger partial charge in [-0.25, -0.2) is 0 Å². The molecule has 0 heterocycles. The predicted octanol–water partition coefficient (Wildman–Crippen LogP) is 5.60. The van der Waals surface area contributed by atoms with Crippen LogP contribution in [0.25, 0.3) is 10.8 Å². The lowest BCUT2D eigenvalue weighted by atomic mass is 9.94. The summed E-state index contributed by atoms with van der Waals surface area (Å²) in [7, 11) is 0. The average Bonchev–Trinajstić information content (AvgIpc) is 2.66. The van der Waals surface area contributed by atoms with Crippen molar-refractivity contribution in [1.29, 1.82) is 0 Å². The first-order chi connectivity index (χ1) is 10.3. The monoisotopic (exact) mass is 298 g/mol. The fraction of sp³-hybridized carbons (Fsp3) is 0.500. The third-order valence-electron chi connectivity index (χ3n) is 4.61. The predicted molar refractivity (Wildman–Crippen MR) is 91.7 cm³/mol. The summed E-state index contributed by atoms with van der Waals surface area (Å²) >= 11 is 0. The van der Waals surface area contributed by atoms with Crippen LogP contribution < -0.4 is 4.74 Å². The third kappa shape index (κ3) is 2.61. The largest absolute Gasteiger partial charge is 0.465 e. The van der Waals surface area contributed by atoms with Gasteiger partial charge >= 0.3 is 0 Å². The van der Waals surface area contributed by atoms with Crippen molar-refractivity contribution in [3.05, 3.63) is 41.5 Å². The number of rotatable bonds is 3. The van der Waals surface area contributed by atoms with Crippen molar-refractivity contribution >= 4 is 10.8 Å². The average molecular weight is 298 g/mol. The molecule has 0 spiro atoms. The van der Waals surface area contributed by atoms with Crippen molar-refractivity contribution in [2.24, 2.45) is 0 Å². The second-order valence-corrected chi connectivity index (χ2v) is 7.42. The second kappa shape index (κ2) is 5.27. The van der Waals surface area contributed by atoms with Gasteiger partial charge < -0.3 is 9.47 Å². The van der Waals surface area contributed by atoms with Crippen LogP contribution in [0.15, 0.2) is 30.3 Å². The lowest BCUT2D eigenvalue weighted by Crippen LogP contribution is -2.29. The van der Waals surface area contributed by atoms with Gasteiger partial charge in [-0.3, -0.25) is 0 Å². The van der Waals surface area contributed by atoms with E-state index in [9.17, 15) is 0 Å². The lowest BCUT2D eigenvalue weighted by molar-refractivity contribution is -0.139. The highest BCUT2D eigenvalue weighted by atomic mass is 16.7. The Labute approximate surface area is 133 Å². The van der Waals surface area contributed by atoms with Gasteiger partial charge in [0.05, 0.1) is 5.60 Å². The maximum absolute atomic E-state index is 6.09. The zero-order chi connectivity index (χ0) is 16.1. The Balaban J connectivity index is 2.00. The Hall–Kier alpha value is -1.54. The van der Waals surface area contributed by atoms with E-state index in [-0.39, 0.29) is 11.9 Å². The van der Waals surface area contributed by atoms with Gasteiger partial charge in [0.25, 0.3) is 0 Å². The zero-order valence-corrected chi connectivity index (χ0v) is 14.4. The summed E-state index contributed by atoms with van der Waals surface area (Å²) in [6.07, 6.45) is -0.270. The molecule has 22 heavy (non-hydrogen) atoms. The fourth-order valence-electron chi connectivity index (χ4n) is 3.54. The highest BCUT2D eigenvalue weighted by Gasteiger charge is 2.29. The van der Waals surface area contributed by atoms with Crippen molar-refractivity contribution in [3.63, 3.8) is 0 Å². The van der Waals surface area contributed by atoms with E-state index >= 15 is 0 Å². The molecule has 1 aliphatic rings. The summed E-state index contributed by atoms with van der Waals surface area (Å²) in [6, 6.07) is 10.9. The van der Waals surface area contributed by atoms with E-state index in [1.807, 2.05) is 27.7 Å². The van der Waals surface area contributed by atoms with Crippen molar-refractivity contribution < 1.29 is 9.47 Å². The normalized spacial score (nSPS) is 22.1. The number of benzene rings is 2. The molecule has 2 heteroatoms. The molecule has 118 valence electrons. The first kappa shape index (κ1) is 15.4. The molecule has 0 aromatic heterocycles. The Bertz CT molecular complexity index is 682. The molecule has 0 fully saturated rings. The van der Waals surface area contributed by atoms with Gasteiger partial charge in [0.1, 0.15) is 5.75 Å². The van der Waals surface area contributed by atoms with Crippen molar-refractivity contribution in [2.45, 2.75) is 65.3 Å². The van der Waals surface area contributed by atoms with Gasteiger partial charge in [-0.2, -0.15) is 0 Å². The molecule has 0 amide bonds. The molecule has 2 nitrogen and oxygen atoms in total. The van der Waals surface area contributed by atoms with Gasteiger partial charge in [0.15, 0.2) is 6.29 Å². The molecular formula is C20H26O2. The summed E-state index contributed by atoms with van der Waals surface area (Å²) in [4.78, 5) is 0. The van der Waals surface area contributed by atoms with E-state index < -0.39 is 0 Å². The Kier molecular flexibility index (Phi) is 3.68. The summed E-state index contributed by atoms with van der Waals surface area (Å²) in [5.74, 6) is 2.05. The Morgan fingerprint density at radius 1 is 0.955 bits per heavy atom. The SMILES string of the molecule is CC(Oc1ccc2c3c(cccc13)C(C)C2C)OC(C)(C)C. The van der Waals surface area contributed by atoms with E-state index in [0.29, 0.717) is 11.8 Å². The minimum Gasteiger partial charge on any atom is -0.465 e. The fourth-order valence-corrected chi connectivity index (χ4v) is 3.54. The first-order valence-corrected chi connectivity index (χ1v) is 8.18. The minimum absolute atomic E-state index is 0.211. The summed E-state index contributed by atoms with van der Waals surface area (Å²) < 4.78 is 12.0. The highest BCUT2D eigenvalue weighted by Crippen LogP contribution is 2.48. The topological polar surface area (TPSA) is 18.5 Å². The Morgan fingerprint density at radius 3 is 2.23 bits per heavy atom. The summed E-state index contributed by atoms with van der Waals surface area (Å²) in [6.45, 7) is 12.7. The third-order valence-corrected chi connectivity index (χ3v) is 4.61. The second-order valence-electron chi connectivity index (χ2n) is 7.42. The molecule has 3 atom stereocenters. The minimum atomic E-state index is -0.270. The molecule has 0 N–H and O–H groups in total. The molecule has 2 aromatic rings. The lowest BCUT2D eigenvalue weighted by Gasteiger charge is -2.26. The van der Waals surface area contributed by atoms with Crippen molar-refractivity contribution in [3.8, 4) is 5.75 Å². The van der Waals surface area contributed by atoms with Gasteiger partial charge in [-0.1, -0.05) is 38.1 Å². The van der Waals surface area contributed by atoms with Crippen molar-refractivity contribution in [2.75, 3.05) is 0 Å². The molecule has 3 rings (SSSR count). The zero-order valence-electron chi connectivity index (χ0n) is 14.4. The van der Waals surface area contributed by atoms with Gasteiger partial charge in [0, 0.05) is 5.39 Å². The number of ether oxygens (including phenoxy) is 2. The van der Waals surface area contributed by atoms with Gasteiger partial charge in [0.2, 0.25) is 0 Å².